The van der Waals surface area contributed by atoms with Crippen molar-refractivity contribution in [2.45, 2.75) is 19.3 Å². The van der Waals surface area contributed by atoms with E-state index in [-0.39, 0.29) is 5.92 Å². The predicted octanol–water partition coefficient (Wildman–Crippen LogP) is 4.57. The monoisotopic (exact) mass is 266 g/mol. The van der Waals surface area contributed by atoms with Crippen molar-refractivity contribution in [3.05, 3.63) is 77.4 Å². The van der Waals surface area contributed by atoms with Crippen LogP contribution in [0, 0.1) is 0 Å². The van der Waals surface area contributed by atoms with E-state index in [2.05, 4.69) is 13.0 Å². The third-order valence-electron chi connectivity index (χ3n) is 3.18. The first-order valence-electron chi connectivity index (χ1n) is 6.78. The van der Waals surface area contributed by atoms with E-state index in [4.69, 9.17) is 0 Å². The number of benzene rings is 1. The second-order valence-corrected chi connectivity index (χ2v) is 4.64. The molecule has 0 heterocycles. The molecule has 0 amide bonds. The molecule has 0 aliphatic heterocycles. The number of carboxylic acid groups (broad SMARTS) is 1. The lowest BCUT2D eigenvalue weighted by Gasteiger charge is -2.12. The van der Waals surface area contributed by atoms with Gasteiger partial charge in [-0.1, -0.05) is 61.6 Å². The lowest BCUT2D eigenvalue weighted by atomic mass is 9.91. The largest absolute Gasteiger partial charge is 0.478 e. The van der Waals surface area contributed by atoms with Crippen LogP contribution in [0.3, 0.4) is 0 Å². The Balaban J connectivity index is 2.46. The SMILES string of the molecule is CCC=Cc1ccc(C(=O)O)c(C2C=CC=CC=C2)c1. The number of hydrogen-bond acceptors (Lipinski definition) is 1. The molecule has 0 unspecified atom stereocenters. The van der Waals surface area contributed by atoms with Gasteiger partial charge in [0.1, 0.15) is 0 Å². The van der Waals surface area contributed by atoms with Crippen molar-refractivity contribution in [3.63, 3.8) is 0 Å². The van der Waals surface area contributed by atoms with Crippen molar-refractivity contribution in [2.75, 3.05) is 0 Å². The van der Waals surface area contributed by atoms with Crippen LogP contribution in [0.2, 0.25) is 0 Å². The van der Waals surface area contributed by atoms with Crippen LogP contribution in [-0.2, 0) is 0 Å². The molecule has 0 saturated carbocycles. The van der Waals surface area contributed by atoms with Crippen LogP contribution >= 0.6 is 0 Å². The zero-order valence-electron chi connectivity index (χ0n) is 11.5. The van der Waals surface area contributed by atoms with Gasteiger partial charge in [-0.25, -0.2) is 4.79 Å². The van der Waals surface area contributed by atoms with Gasteiger partial charge in [0.15, 0.2) is 0 Å². The summed E-state index contributed by atoms with van der Waals surface area (Å²) in [6, 6.07) is 5.49. The predicted molar refractivity (Wildman–Crippen MR) is 82.9 cm³/mol. The summed E-state index contributed by atoms with van der Waals surface area (Å²) in [5, 5.41) is 9.35. The molecule has 1 aromatic rings. The topological polar surface area (TPSA) is 37.3 Å². The maximum Gasteiger partial charge on any atom is 0.335 e. The molecule has 2 rings (SSSR count). The summed E-state index contributed by atoms with van der Waals surface area (Å²) in [4.78, 5) is 11.4. The maximum atomic E-state index is 11.4. The van der Waals surface area contributed by atoms with E-state index in [1.807, 2.05) is 54.7 Å². The summed E-state index contributed by atoms with van der Waals surface area (Å²) in [5.41, 5.74) is 2.22. The summed E-state index contributed by atoms with van der Waals surface area (Å²) in [6.45, 7) is 2.07. The van der Waals surface area contributed by atoms with Gasteiger partial charge >= 0.3 is 5.97 Å². The fraction of sp³-hybridized carbons (Fsp3) is 0.167. The molecular weight excluding hydrogens is 248 g/mol. The normalized spacial score (nSPS) is 14.8. The van der Waals surface area contributed by atoms with Crippen LogP contribution in [0.4, 0.5) is 0 Å². The molecule has 2 nitrogen and oxygen atoms in total. The van der Waals surface area contributed by atoms with Crippen molar-refractivity contribution >= 4 is 12.0 Å². The number of carboxylic acids is 1. The minimum atomic E-state index is -0.884. The highest BCUT2D eigenvalue weighted by molar-refractivity contribution is 5.90. The molecule has 0 radical (unpaired) electrons. The van der Waals surface area contributed by atoms with Gasteiger partial charge in [-0.05, 0) is 29.7 Å². The van der Waals surface area contributed by atoms with Crippen molar-refractivity contribution in [2.24, 2.45) is 0 Å². The van der Waals surface area contributed by atoms with Crippen LogP contribution in [-0.4, -0.2) is 11.1 Å². The summed E-state index contributed by atoms with van der Waals surface area (Å²) in [7, 11) is 0. The molecule has 0 bridgehead atoms. The fourth-order valence-corrected chi connectivity index (χ4v) is 2.18. The number of rotatable bonds is 4. The molecule has 0 saturated heterocycles. The number of allylic oxidation sites excluding steroid dienone is 7. The van der Waals surface area contributed by atoms with Crippen molar-refractivity contribution in [1.29, 1.82) is 0 Å². The van der Waals surface area contributed by atoms with Crippen LogP contribution in [0.1, 0.15) is 40.7 Å². The van der Waals surface area contributed by atoms with Crippen LogP contribution < -0.4 is 0 Å². The lowest BCUT2D eigenvalue weighted by molar-refractivity contribution is 0.0695. The van der Waals surface area contributed by atoms with Crippen molar-refractivity contribution in [1.82, 2.24) is 0 Å². The number of hydrogen-bond donors (Lipinski definition) is 1. The van der Waals surface area contributed by atoms with Gasteiger partial charge < -0.3 is 5.11 Å². The van der Waals surface area contributed by atoms with Crippen LogP contribution in [0.15, 0.2) is 60.7 Å². The van der Waals surface area contributed by atoms with Crippen molar-refractivity contribution in [3.8, 4) is 0 Å². The molecule has 1 aromatic carbocycles. The number of carbonyl (C=O) groups is 1. The Labute approximate surface area is 119 Å². The third kappa shape index (κ3) is 3.35. The Hall–Kier alpha value is -2.35. The van der Waals surface area contributed by atoms with Crippen LogP contribution in [0.25, 0.3) is 6.08 Å². The first-order chi connectivity index (χ1) is 9.72. The molecule has 20 heavy (non-hydrogen) atoms. The van der Waals surface area contributed by atoms with Crippen molar-refractivity contribution < 1.29 is 9.90 Å². The molecular formula is C18H18O2. The van der Waals surface area contributed by atoms with E-state index in [0.717, 1.165) is 17.5 Å². The molecule has 2 heteroatoms. The first-order valence-corrected chi connectivity index (χ1v) is 6.78. The minimum absolute atomic E-state index is 0.00826. The maximum absolute atomic E-state index is 11.4. The summed E-state index contributed by atoms with van der Waals surface area (Å²) in [5.74, 6) is -0.892. The number of aromatic carboxylic acids is 1. The zero-order valence-corrected chi connectivity index (χ0v) is 11.5. The molecule has 0 aromatic heterocycles. The Morgan fingerprint density at radius 1 is 1.20 bits per heavy atom. The zero-order chi connectivity index (χ0) is 14.4. The average molecular weight is 266 g/mol. The molecule has 1 N–H and O–H groups in total. The second kappa shape index (κ2) is 6.71. The van der Waals surface area contributed by atoms with E-state index < -0.39 is 5.97 Å². The Bertz CT molecular complexity index is 588. The van der Waals surface area contributed by atoms with Gasteiger partial charge in [0.2, 0.25) is 0 Å². The lowest BCUT2D eigenvalue weighted by Crippen LogP contribution is -2.05. The van der Waals surface area contributed by atoms with E-state index >= 15 is 0 Å². The Morgan fingerprint density at radius 3 is 2.50 bits per heavy atom. The Morgan fingerprint density at radius 2 is 1.90 bits per heavy atom. The molecule has 1 aliphatic rings. The fourth-order valence-electron chi connectivity index (χ4n) is 2.18. The smallest absolute Gasteiger partial charge is 0.335 e. The standard InChI is InChI=1S/C18H18O2/c1-2-3-8-14-11-12-16(18(19)20)17(13-14)15-9-6-4-5-7-10-15/h3-13,15H,2H2,1H3,(H,19,20). The molecule has 0 atom stereocenters. The molecule has 1 aliphatic carbocycles. The average Bonchev–Trinajstić information content (AvgIpc) is 2.73. The third-order valence-corrected chi connectivity index (χ3v) is 3.18. The summed E-state index contributed by atoms with van der Waals surface area (Å²) in [6.07, 6.45) is 16.9. The van der Waals surface area contributed by atoms with Gasteiger partial charge in [0.25, 0.3) is 0 Å². The van der Waals surface area contributed by atoms with Gasteiger partial charge in [-0.15, -0.1) is 0 Å². The molecule has 0 spiro atoms. The highest BCUT2D eigenvalue weighted by Crippen LogP contribution is 2.26. The van der Waals surface area contributed by atoms with Crippen LogP contribution in [0.5, 0.6) is 0 Å². The van der Waals surface area contributed by atoms with Gasteiger partial charge in [0, 0.05) is 5.92 Å². The van der Waals surface area contributed by atoms with E-state index in [0.29, 0.717) is 5.56 Å². The second-order valence-electron chi connectivity index (χ2n) is 4.64. The quantitative estimate of drug-likeness (QED) is 0.866. The highest BCUT2D eigenvalue weighted by atomic mass is 16.4. The summed E-state index contributed by atoms with van der Waals surface area (Å²) >= 11 is 0. The first kappa shape index (κ1) is 14.1. The van der Waals surface area contributed by atoms with Gasteiger partial charge in [-0.2, -0.15) is 0 Å². The van der Waals surface area contributed by atoms with Gasteiger partial charge in [0.05, 0.1) is 5.56 Å². The molecule has 102 valence electrons. The summed E-state index contributed by atoms with van der Waals surface area (Å²) < 4.78 is 0. The molecule has 0 fully saturated rings. The van der Waals surface area contributed by atoms with E-state index in [1.165, 1.54) is 0 Å². The highest BCUT2D eigenvalue weighted by Gasteiger charge is 2.15. The minimum Gasteiger partial charge on any atom is -0.478 e. The Kier molecular flexibility index (Phi) is 4.72. The van der Waals surface area contributed by atoms with Gasteiger partial charge in [-0.3, -0.25) is 0 Å². The van der Waals surface area contributed by atoms with E-state index in [9.17, 15) is 9.90 Å². The van der Waals surface area contributed by atoms with E-state index in [1.54, 1.807) is 6.07 Å².